The molecule has 1 aliphatic carbocycles. The van der Waals surface area contributed by atoms with Gasteiger partial charge in [0.25, 0.3) is 5.91 Å². The summed E-state index contributed by atoms with van der Waals surface area (Å²) in [7, 11) is 0. The molecule has 3 heteroatoms. The third-order valence-corrected chi connectivity index (χ3v) is 4.37. The number of hydrogen-bond acceptors (Lipinski definition) is 1. The Balaban J connectivity index is 2.02. The van der Waals surface area contributed by atoms with Crippen LogP contribution in [0.4, 0.5) is 0 Å². The van der Waals surface area contributed by atoms with Crippen LogP contribution in [0.25, 0.3) is 0 Å². The largest absolute Gasteiger partial charge is 0.339 e. The molecule has 1 saturated carbocycles. The second-order valence-electron chi connectivity index (χ2n) is 4.97. The zero-order valence-electron chi connectivity index (χ0n) is 10.9. The van der Waals surface area contributed by atoms with Crippen molar-refractivity contribution in [2.75, 3.05) is 13.1 Å². The molecule has 0 N–H and O–H groups in total. The highest BCUT2D eigenvalue weighted by Gasteiger charge is 2.23. The molecule has 1 aliphatic rings. The molecule has 1 amide bonds. The van der Waals surface area contributed by atoms with E-state index >= 15 is 0 Å². The van der Waals surface area contributed by atoms with Gasteiger partial charge >= 0.3 is 0 Å². The van der Waals surface area contributed by atoms with Gasteiger partial charge in [0.15, 0.2) is 0 Å². The number of hydrogen-bond donors (Lipinski definition) is 0. The Morgan fingerprint density at radius 2 is 2.00 bits per heavy atom. The fourth-order valence-corrected chi connectivity index (χ4v) is 2.64. The van der Waals surface area contributed by atoms with Gasteiger partial charge in [-0.1, -0.05) is 34.5 Å². The van der Waals surface area contributed by atoms with E-state index in [9.17, 15) is 4.79 Å². The molecule has 0 spiro atoms. The Morgan fingerprint density at radius 1 is 1.33 bits per heavy atom. The van der Waals surface area contributed by atoms with Crippen LogP contribution in [0.1, 0.15) is 42.1 Å². The van der Waals surface area contributed by atoms with Crippen molar-refractivity contribution in [2.24, 2.45) is 5.92 Å². The van der Waals surface area contributed by atoms with Crippen molar-refractivity contribution in [3.05, 3.63) is 35.4 Å². The summed E-state index contributed by atoms with van der Waals surface area (Å²) in [6, 6.07) is 7.89. The average Bonchev–Trinajstić information content (AvgIpc) is 2.37. The lowest BCUT2D eigenvalue weighted by Crippen LogP contribution is -2.37. The molecule has 1 aromatic rings. The number of carbonyl (C=O) groups excluding carboxylic acids is 1. The summed E-state index contributed by atoms with van der Waals surface area (Å²) < 4.78 is 0. The molecule has 1 aromatic carbocycles. The van der Waals surface area contributed by atoms with Gasteiger partial charge in [-0.2, -0.15) is 0 Å². The molecule has 0 saturated heterocycles. The Labute approximate surface area is 117 Å². The molecule has 18 heavy (non-hydrogen) atoms. The van der Waals surface area contributed by atoms with Crippen LogP contribution in [0, 0.1) is 5.92 Å². The third-order valence-electron chi connectivity index (χ3n) is 3.73. The van der Waals surface area contributed by atoms with Crippen LogP contribution in [-0.2, 0) is 5.33 Å². The molecule has 0 unspecified atom stereocenters. The van der Waals surface area contributed by atoms with Crippen LogP contribution in [0.15, 0.2) is 24.3 Å². The minimum atomic E-state index is 0.172. The second kappa shape index (κ2) is 6.37. The molecule has 0 radical (unpaired) electrons. The Kier molecular flexibility index (Phi) is 4.81. The number of carbonyl (C=O) groups is 1. The molecule has 0 heterocycles. The number of benzene rings is 1. The lowest BCUT2D eigenvalue weighted by molar-refractivity contribution is 0.0706. The predicted octanol–water partition coefficient (Wildman–Crippen LogP) is 3.84. The van der Waals surface area contributed by atoms with Crippen molar-refractivity contribution in [1.29, 1.82) is 0 Å². The standard InChI is InChI=1S/C15H20BrNO/c1-2-17(11-13-4-3-5-13)15(18)14-8-6-12(10-16)7-9-14/h6-9,13H,2-5,10-11H2,1H3. The van der Waals surface area contributed by atoms with Crippen LogP contribution in [0.2, 0.25) is 0 Å². The fraction of sp³-hybridized carbons (Fsp3) is 0.533. The van der Waals surface area contributed by atoms with Gasteiger partial charge in [0, 0.05) is 24.0 Å². The maximum Gasteiger partial charge on any atom is 0.253 e. The van der Waals surface area contributed by atoms with E-state index in [1.165, 1.54) is 24.8 Å². The molecular formula is C15H20BrNO. The zero-order chi connectivity index (χ0) is 13.0. The summed E-state index contributed by atoms with van der Waals surface area (Å²) in [5.41, 5.74) is 2.01. The predicted molar refractivity (Wildman–Crippen MR) is 78.0 cm³/mol. The summed E-state index contributed by atoms with van der Waals surface area (Å²) in [6.07, 6.45) is 3.90. The zero-order valence-corrected chi connectivity index (χ0v) is 12.4. The molecule has 2 rings (SSSR count). The van der Waals surface area contributed by atoms with E-state index in [-0.39, 0.29) is 5.91 Å². The molecular weight excluding hydrogens is 290 g/mol. The van der Waals surface area contributed by atoms with Crippen LogP contribution >= 0.6 is 15.9 Å². The third kappa shape index (κ3) is 3.14. The number of rotatable bonds is 5. The first-order valence-electron chi connectivity index (χ1n) is 6.68. The molecule has 2 nitrogen and oxygen atoms in total. The maximum atomic E-state index is 12.4. The van der Waals surface area contributed by atoms with Gasteiger partial charge in [0.05, 0.1) is 0 Å². The van der Waals surface area contributed by atoms with Crippen molar-refractivity contribution in [1.82, 2.24) is 4.90 Å². The minimum Gasteiger partial charge on any atom is -0.339 e. The smallest absolute Gasteiger partial charge is 0.253 e. The molecule has 0 atom stereocenters. The number of halogens is 1. The van der Waals surface area contributed by atoms with Crippen molar-refractivity contribution in [2.45, 2.75) is 31.5 Å². The van der Waals surface area contributed by atoms with Crippen LogP contribution in [0.5, 0.6) is 0 Å². The van der Waals surface area contributed by atoms with Crippen LogP contribution in [-0.4, -0.2) is 23.9 Å². The van der Waals surface area contributed by atoms with E-state index in [2.05, 4.69) is 22.9 Å². The maximum absolute atomic E-state index is 12.4. The lowest BCUT2D eigenvalue weighted by atomic mass is 9.85. The number of alkyl halides is 1. The van der Waals surface area contributed by atoms with Crippen molar-refractivity contribution >= 4 is 21.8 Å². The highest BCUT2D eigenvalue weighted by molar-refractivity contribution is 9.08. The SMILES string of the molecule is CCN(CC1CCC1)C(=O)c1ccc(CBr)cc1. The van der Waals surface area contributed by atoms with E-state index in [1.807, 2.05) is 29.2 Å². The van der Waals surface area contributed by atoms with Crippen LogP contribution < -0.4 is 0 Å². The minimum absolute atomic E-state index is 0.172. The van der Waals surface area contributed by atoms with E-state index in [0.29, 0.717) is 0 Å². The number of amides is 1. The molecule has 1 fully saturated rings. The van der Waals surface area contributed by atoms with Crippen molar-refractivity contribution in [3.8, 4) is 0 Å². The second-order valence-corrected chi connectivity index (χ2v) is 5.53. The van der Waals surface area contributed by atoms with Gasteiger partial charge in [0.1, 0.15) is 0 Å². The van der Waals surface area contributed by atoms with E-state index < -0.39 is 0 Å². The highest BCUT2D eigenvalue weighted by Crippen LogP contribution is 2.27. The summed E-state index contributed by atoms with van der Waals surface area (Å²) in [6.45, 7) is 3.79. The molecule has 0 aromatic heterocycles. The number of nitrogens with zero attached hydrogens (tertiary/aromatic N) is 1. The topological polar surface area (TPSA) is 20.3 Å². The Hall–Kier alpha value is -0.830. The first kappa shape index (κ1) is 13.6. The molecule has 98 valence electrons. The normalized spacial score (nSPS) is 15.2. The summed E-state index contributed by atoms with van der Waals surface area (Å²) >= 11 is 3.42. The van der Waals surface area contributed by atoms with Gasteiger partial charge in [-0.3, -0.25) is 4.79 Å². The molecule has 0 bridgehead atoms. The Bertz CT molecular complexity index is 397. The van der Waals surface area contributed by atoms with E-state index in [1.54, 1.807) is 0 Å². The monoisotopic (exact) mass is 309 g/mol. The first-order valence-corrected chi connectivity index (χ1v) is 7.81. The van der Waals surface area contributed by atoms with Gasteiger partial charge in [-0.05, 0) is 43.4 Å². The van der Waals surface area contributed by atoms with Crippen LogP contribution in [0.3, 0.4) is 0 Å². The fourth-order valence-electron chi connectivity index (χ4n) is 2.26. The van der Waals surface area contributed by atoms with Gasteiger partial charge in [0.2, 0.25) is 0 Å². The highest BCUT2D eigenvalue weighted by atomic mass is 79.9. The average molecular weight is 310 g/mol. The Morgan fingerprint density at radius 3 is 2.44 bits per heavy atom. The van der Waals surface area contributed by atoms with Crippen molar-refractivity contribution in [3.63, 3.8) is 0 Å². The van der Waals surface area contributed by atoms with Crippen molar-refractivity contribution < 1.29 is 4.79 Å². The lowest BCUT2D eigenvalue weighted by Gasteiger charge is -2.31. The van der Waals surface area contributed by atoms with E-state index in [4.69, 9.17) is 0 Å². The first-order chi connectivity index (χ1) is 8.74. The van der Waals surface area contributed by atoms with Gasteiger partial charge in [-0.25, -0.2) is 0 Å². The summed E-state index contributed by atoms with van der Waals surface area (Å²) in [4.78, 5) is 14.3. The van der Waals surface area contributed by atoms with Gasteiger partial charge < -0.3 is 4.90 Å². The van der Waals surface area contributed by atoms with E-state index in [0.717, 1.165) is 29.9 Å². The summed E-state index contributed by atoms with van der Waals surface area (Å²) in [5.74, 6) is 0.904. The quantitative estimate of drug-likeness (QED) is 0.757. The summed E-state index contributed by atoms with van der Waals surface area (Å²) in [5, 5.41) is 0.834. The molecule has 0 aliphatic heterocycles. The van der Waals surface area contributed by atoms with Gasteiger partial charge in [-0.15, -0.1) is 0 Å².